The average molecular weight is 245 g/mol. The zero-order chi connectivity index (χ0) is 13.0. The average Bonchev–Trinajstić information content (AvgIpc) is 2.36. The zero-order valence-corrected chi connectivity index (χ0v) is 10.7. The lowest BCUT2D eigenvalue weighted by Gasteiger charge is -2.21. The number of ether oxygens (including phenoxy) is 1. The van der Waals surface area contributed by atoms with Gasteiger partial charge in [-0.05, 0) is 49.0 Å². The van der Waals surface area contributed by atoms with Crippen LogP contribution < -0.4 is 5.73 Å². The van der Waals surface area contributed by atoms with Crippen LogP contribution in [0.1, 0.15) is 30.0 Å². The highest BCUT2D eigenvalue weighted by Gasteiger charge is 2.14. The topological polar surface area (TPSA) is 52.3 Å². The Labute approximate surface area is 108 Å². The molecule has 1 unspecified atom stereocenters. The summed E-state index contributed by atoms with van der Waals surface area (Å²) in [5.74, 6) is -0.299. The summed E-state index contributed by atoms with van der Waals surface area (Å²) in [5.41, 5.74) is 9.68. The Bertz CT molecular complexity index is 466. The molecule has 1 aliphatic rings. The first kappa shape index (κ1) is 12.8. The molecule has 1 aromatic rings. The molecule has 0 fully saturated rings. The first-order valence-electron chi connectivity index (χ1n) is 6.41. The van der Waals surface area contributed by atoms with E-state index in [0.717, 1.165) is 24.8 Å². The summed E-state index contributed by atoms with van der Waals surface area (Å²) in [6.45, 7) is 2.20. The fraction of sp³-hybridized carbons (Fsp3) is 0.400. The highest BCUT2D eigenvalue weighted by atomic mass is 16.5. The molecule has 3 nitrogen and oxygen atoms in total. The van der Waals surface area contributed by atoms with Gasteiger partial charge in [0, 0.05) is 12.1 Å². The zero-order valence-electron chi connectivity index (χ0n) is 10.7. The Hall–Kier alpha value is -1.61. The summed E-state index contributed by atoms with van der Waals surface area (Å²) in [7, 11) is 0. The van der Waals surface area contributed by atoms with E-state index in [9.17, 15) is 4.79 Å². The van der Waals surface area contributed by atoms with Crippen molar-refractivity contribution in [3.63, 3.8) is 0 Å². The predicted molar refractivity (Wildman–Crippen MR) is 72.1 cm³/mol. The summed E-state index contributed by atoms with van der Waals surface area (Å²) >= 11 is 0. The van der Waals surface area contributed by atoms with Crippen LogP contribution in [0.15, 0.2) is 24.3 Å². The molecule has 0 heterocycles. The molecule has 0 amide bonds. The second kappa shape index (κ2) is 5.83. The van der Waals surface area contributed by atoms with E-state index in [2.05, 4.69) is 12.1 Å². The highest BCUT2D eigenvalue weighted by molar-refractivity contribution is 5.87. The maximum Gasteiger partial charge on any atom is 0.330 e. The lowest BCUT2D eigenvalue weighted by Crippen LogP contribution is -2.27. The van der Waals surface area contributed by atoms with Crippen molar-refractivity contribution in [3.05, 3.63) is 41.0 Å². The third-order valence-corrected chi connectivity index (χ3v) is 3.20. The number of hydrogen-bond acceptors (Lipinski definition) is 3. The lowest BCUT2D eigenvalue weighted by atomic mass is 9.87. The summed E-state index contributed by atoms with van der Waals surface area (Å²) in [5, 5.41) is 0. The molecule has 0 spiro atoms. The van der Waals surface area contributed by atoms with Crippen molar-refractivity contribution in [2.45, 2.75) is 32.2 Å². The number of aryl methyl sites for hydroxylation is 1. The number of esters is 1. The van der Waals surface area contributed by atoms with Crippen LogP contribution >= 0.6 is 0 Å². The summed E-state index contributed by atoms with van der Waals surface area (Å²) in [6, 6.07) is 6.54. The third kappa shape index (κ3) is 3.20. The molecular weight excluding hydrogens is 226 g/mol. The number of rotatable bonds is 3. The van der Waals surface area contributed by atoms with E-state index in [4.69, 9.17) is 10.5 Å². The Morgan fingerprint density at radius 3 is 3.11 bits per heavy atom. The van der Waals surface area contributed by atoms with Gasteiger partial charge in [-0.1, -0.05) is 18.2 Å². The molecule has 2 rings (SSSR count). The van der Waals surface area contributed by atoms with Crippen molar-refractivity contribution in [2.75, 3.05) is 6.61 Å². The second-order valence-electron chi connectivity index (χ2n) is 4.62. The Kier molecular flexibility index (Phi) is 4.15. The van der Waals surface area contributed by atoms with Gasteiger partial charge in [0.25, 0.3) is 0 Å². The lowest BCUT2D eigenvalue weighted by molar-refractivity contribution is -0.137. The standard InChI is InChI=1S/C15H19NO2/c1-2-18-15(17)8-4-11-3-5-12-6-7-14(16)10-13(12)9-11/h3-5,8-9,14H,2,6-7,10,16H2,1H3. The minimum absolute atomic E-state index is 0.266. The number of nitrogens with two attached hydrogens (primary N) is 1. The Morgan fingerprint density at radius 1 is 1.50 bits per heavy atom. The number of fused-ring (bicyclic) bond motifs is 1. The molecule has 18 heavy (non-hydrogen) atoms. The molecule has 1 aromatic carbocycles. The summed E-state index contributed by atoms with van der Waals surface area (Å²) in [4.78, 5) is 11.2. The molecule has 2 N–H and O–H groups in total. The molecule has 0 radical (unpaired) electrons. The van der Waals surface area contributed by atoms with Crippen LogP contribution in [0.4, 0.5) is 0 Å². The van der Waals surface area contributed by atoms with Gasteiger partial charge >= 0.3 is 5.97 Å². The molecule has 0 saturated heterocycles. The van der Waals surface area contributed by atoms with Crippen LogP contribution in [-0.4, -0.2) is 18.6 Å². The minimum atomic E-state index is -0.299. The van der Waals surface area contributed by atoms with Gasteiger partial charge in [0.2, 0.25) is 0 Å². The smallest absolute Gasteiger partial charge is 0.330 e. The van der Waals surface area contributed by atoms with Gasteiger partial charge in [-0.25, -0.2) is 4.79 Å². The quantitative estimate of drug-likeness (QED) is 0.655. The predicted octanol–water partition coefficient (Wildman–Crippen LogP) is 2.08. The van der Waals surface area contributed by atoms with E-state index in [0.29, 0.717) is 6.61 Å². The largest absolute Gasteiger partial charge is 0.463 e. The van der Waals surface area contributed by atoms with E-state index in [1.54, 1.807) is 13.0 Å². The fourth-order valence-corrected chi connectivity index (χ4v) is 2.26. The highest BCUT2D eigenvalue weighted by Crippen LogP contribution is 2.22. The van der Waals surface area contributed by atoms with E-state index < -0.39 is 0 Å². The van der Waals surface area contributed by atoms with Crippen LogP contribution in [0.2, 0.25) is 0 Å². The Morgan fingerprint density at radius 2 is 2.33 bits per heavy atom. The van der Waals surface area contributed by atoms with Crippen molar-refractivity contribution in [2.24, 2.45) is 5.73 Å². The second-order valence-corrected chi connectivity index (χ2v) is 4.62. The van der Waals surface area contributed by atoms with Crippen LogP contribution in [0.5, 0.6) is 0 Å². The van der Waals surface area contributed by atoms with Gasteiger partial charge in [-0.3, -0.25) is 0 Å². The maximum absolute atomic E-state index is 11.2. The molecular formula is C15H19NO2. The van der Waals surface area contributed by atoms with E-state index in [1.807, 2.05) is 6.07 Å². The van der Waals surface area contributed by atoms with Crippen LogP contribution in [0.3, 0.4) is 0 Å². The molecule has 0 aliphatic heterocycles. The van der Waals surface area contributed by atoms with Gasteiger partial charge in [-0.2, -0.15) is 0 Å². The maximum atomic E-state index is 11.2. The normalized spacial score (nSPS) is 18.7. The van der Waals surface area contributed by atoms with E-state index in [1.165, 1.54) is 17.2 Å². The van der Waals surface area contributed by atoms with Gasteiger partial charge < -0.3 is 10.5 Å². The number of carbonyl (C=O) groups is 1. The molecule has 0 saturated carbocycles. The first-order valence-corrected chi connectivity index (χ1v) is 6.41. The fourth-order valence-electron chi connectivity index (χ4n) is 2.26. The summed E-state index contributed by atoms with van der Waals surface area (Å²) < 4.78 is 4.85. The number of carbonyl (C=O) groups excluding carboxylic acids is 1. The number of hydrogen-bond donors (Lipinski definition) is 1. The molecule has 1 aliphatic carbocycles. The van der Waals surface area contributed by atoms with E-state index >= 15 is 0 Å². The molecule has 0 aromatic heterocycles. The van der Waals surface area contributed by atoms with Gasteiger partial charge in [0.1, 0.15) is 0 Å². The number of benzene rings is 1. The molecule has 3 heteroatoms. The SMILES string of the molecule is CCOC(=O)C=Cc1ccc2c(c1)CC(N)CC2. The minimum Gasteiger partial charge on any atom is -0.463 e. The molecule has 0 bridgehead atoms. The van der Waals surface area contributed by atoms with Crippen molar-refractivity contribution >= 4 is 12.0 Å². The van der Waals surface area contributed by atoms with Gasteiger partial charge in [0.05, 0.1) is 6.61 Å². The van der Waals surface area contributed by atoms with E-state index in [-0.39, 0.29) is 12.0 Å². The van der Waals surface area contributed by atoms with Crippen molar-refractivity contribution in [3.8, 4) is 0 Å². The summed E-state index contributed by atoms with van der Waals surface area (Å²) in [6.07, 6.45) is 6.30. The van der Waals surface area contributed by atoms with Gasteiger partial charge in [-0.15, -0.1) is 0 Å². The van der Waals surface area contributed by atoms with Crippen LogP contribution in [0, 0.1) is 0 Å². The van der Waals surface area contributed by atoms with Crippen molar-refractivity contribution < 1.29 is 9.53 Å². The molecule has 96 valence electrons. The third-order valence-electron chi connectivity index (χ3n) is 3.20. The van der Waals surface area contributed by atoms with Crippen LogP contribution in [0.25, 0.3) is 6.08 Å². The van der Waals surface area contributed by atoms with Crippen LogP contribution in [-0.2, 0) is 22.4 Å². The monoisotopic (exact) mass is 245 g/mol. The van der Waals surface area contributed by atoms with Gasteiger partial charge in [0.15, 0.2) is 0 Å². The molecule has 1 atom stereocenters. The first-order chi connectivity index (χ1) is 8.69. The van der Waals surface area contributed by atoms with Crippen molar-refractivity contribution in [1.29, 1.82) is 0 Å². The van der Waals surface area contributed by atoms with Crippen molar-refractivity contribution in [1.82, 2.24) is 0 Å². The Balaban J connectivity index is 2.11.